The van der Waals surface area contributed by atoms with Crippen molar-refractivity contribution >= 4 is 33.4 Å². The molecule has 0 saturated carbocycles. The monoisotopic (exact) mass is 493 g/mol. The van der Waals surface area contributed by atoms with Gasteiger partial charge in [0.05, 0.1) is 4.90 Å². The van der Waals surface area contributed by atoms with Gasteiger partial charge in [-0.25, -0.2) is 13.1 Å². The van der Waals surface area contributed by atoms with Crippen molar-refractivity contribution in [2.24, 2.45) is 0 Å². The smallest absolute Gasteiger partial charge is 0.242 e. The Morgan fingerprint density at radius 3 is 2.18 bits per heavy atom. The molecule has 0 spiro atoms. The molecular formula is C24H32ClN3O4S. The number of carbonyl (C=O) groups is 2. The summed E-state index contributed by atoms with van der Waals surface area (Å²) in [6, 6.07) is 13.0. The van der Waals surface area contributed by atoms with Gasteiger partial charge in [0, 0.05) is 31.1 Å². The number of hydrogen-bond donors (Lipinski definition) is 2. The fourth-order valence-corrected chi connectivity index (χ4v) is 4.44. The van der Waals surface area contributed by atoms with E-state index in [0.29, 0.717) is 24.5 Å². The van der Waals surface area contributed by atoms with E-state index in [9.17, 15) is 18.0 Å². The molecule has 0 heterocycles. The average molecular weight is 494 g/mol. The van der Waals surface area contributed by atoms with Gasteiger partial charge < -0.3 is 10.2 Å². The molecule has 2 aromatic carbocycles. The Hall–Kier alpha value is -2.42. The molecule has 0 aromatic heterocycles. The first-order valence-electron chi connectivity index (χ1n) is 11.1. The number of aryl methyl sites for hydroxylation is 1. The number of amides is 2. The van der Waals surface area contributed by atoms with Gasteiger partial charge in [-0.05, 0) is 55.2 Å². The minimum Gasteiger partial charge on any atom is -0.354 e. The molecule has 7 nitrogen and oxygen atoms in total. The molecule has 9 heteroatoms. The predicted molar refractivity (Wildman–Crippen MR) is 130 cm³/mol. The van der Waals surface area contributed by atoms with E-state index in [0.717, 1.165) is 17.5 Å². The van der Waals surface area contributed by atoms with Gasteiger partial charge in [-0.2, -0.15) is 0 Å². The fourth-order valence-electron chi connectivity index (χ4n) is 3.27. The largest absolute Gasteiger partial charge is 0.354 e. The molecule has 2 aromatic rings. The Labute approximate surface area is 201 Å². The molecule has 0 radical (unpaired) electrons. The van der Waals surface area contributed by atoms with Crippen LogP contribution in [0.15, 0.2) is 53.4 Å². The Morgan fingerprint density at radius 2 is 1.61 bits per heavy atom. The van der Waals surface area contributed by atoms with Crippen molar-refractivity contribution in [1.82, 2.24) is 14.9 Å². The van der Waals surface area contributed by atoms with Crippen molar-refractivity contribution in [2.75, 3.05) is 13.1 Å². The molecule has 0 fully saturated rings. The van der Waals surface area contributed by atoms with Crippen LogP contribution in [-0.4, -0.2) is 44.3 Å². The van der Waals surface area contributed by atoms with Crippen LogP contribution in [0.2, 0.25) is 5.02 Å². The number of carbonyl (C=O) groups excluding carboxylic acids is 2. The maximum absolute atomic E-state index is 13.1. The fraction of sp³-hybridized carbons (Fsp3) is 0.417. The molecular weight excluding hydrogens is 462 g/mol. The molecule has 33 heavy (non-hydrogen) atoms. The molecule has 0 unspecified atom stereocenters. The Balaban J connectivity index is 2.11. The molecule has 2 rings (SSSR count). The van der Waals surface area contributed by atoms with Crippen LogP contribution in [0.1, 0.15) is 44.7 Å². The molecule has 0 aliphatic rings. The normalized spacial score (nSPS) is 12.2. The van der Waals surface area contributed by atoms with Gasteiger partial charge >= 0.3 is 0 Å². The minimum absolute atomic E-state index is 0.159. The van der Waals surface area contributed by atoms with Gasteiger partial charge in [-0.3, -0.25) is 9.59 Å². The molecule has 0 aliphatic carbocycles. The van der Waals surface area contributed by atoms with Crippen LogP contribution < -0.4 is 10.0 Å². The lowest BCUT2D eigenvalue weighted by Gasteiger charge is -2.29. The summed E-state index contributed by atoms with van der Waals surface area (Å²) in [5.41, 5.74) is 1.72. The van der Waals surface area contributed by atoms with E-state index in [1.165, 1.54) is 12.1 Å². The molecule has 0 aliphatic heterocycles. The summed E-state index contributed by atoms with van der Waals surface area (Å²) in [7, 11) is -3.52. The summed E-state index contributed by atoms with van der Waals surface area (Å²) in [5.74, 6) is -0.356. The summed E-state index contributed by atoms with van der Waals surface area (Å²) < 4.78 is 26.6. The lowest BCUT2D eigenvalue weighted by atomic mass is 10.1. The zero-order valence-electron chi connectivity index (χ0n) is 19.3. The Morgan fingerprint density at radius 1 is 1.00 bits per heavy atom. The lowest BCUT2D eigenvalue weighted by molar-refractivity contribution is -0.140. The van der Waals surface area contributed by atoms with E-state index in [2.05, 4.69) is 10.0 Å². The van der Waals surface area contributed by atoms with Crippen molar-refractivity contribution in [3.8, 4) is 0 Å². The molecule has 2 amide bonds. The highest BCUT2D eigenvalue weighted by Crippen LogP contribution is 2.16. The zero-order chi connectivity index (χ0) is 24.4. The average Bonchev–Trinajstić information content (AvgIpc) is 2.80. The van der Waals surface area contributed by atoms with Gasteiger partial charge in [-0.15, -0.1) is 0 Å². The number of nitrogens with one attached hydrogen (secondary N) is 2. The first kappa shape index (κ1) is 26.8. The molecule has 1 atom stereocenters. The first-order valence-corrected chi connectivity index (χ1v) is 12.9. The summed E-state index contributed by atoms with van der Waals surface area (Å²) in [4.78, 5) is 27.4. The molecule has 2 N–H and O–H groups in total. The van der Waals surface area contributed by atoms with Crippen LogP contribution in [0.25, 0.3) is 0 Å². The van der Waals surface area contributed by atoms with E-state index < -0.39 is 16.1 Å². The van der Waals surface area contributed by atoms with Crippen molar-refractivity contribution < 1.29 is 18.0 Å². The highest BCUT2D eigenvalue weighted by Gasteiger charge is 2.25. The van der Waals surface area contributed by atoms with E-state index >= 15 is 0 Å². The number of nitrogens with zero attached hydrogens (tertiary/aromatic N) is 1. The van der Waals surface area contributed by atoms with Crippen molar-refractivity contribution in [2.45, 2.75) is 57.5 Å². The number of halogens is 1. The highest BCUT2D eigenvalue weighted by atomic mass is 35.5. The third-order valence-electron chi connectivity index (χ3n) is 5.18. The van der Waals surface area contributed by atoms with Crippen LogP contribution in [0.3, 0.4) is 0 Å². The van der Waals surface area contributed by atoms with Crippen molar-refractivity contribution in [3.63, 3.8) is 0 Å². The molecule has 0 bridgehead atoms. The first-order chi connectivity index (χ1) is 15.7. The Bertz CT molecular complexity index is 1020. The van der Waals surface area contributed by atoms with Gasteiger partial charge in [-0.1, -0.05) is 49.7 Å². The van der Waals surface area contributed by atoms with Gasteiger partial charge in [0.15, 0.2) is 0 Å². The number of hydrogen-bond acceptors (Lipinski definition) is 4. The third kappa shape index (κ3) is 8.14. The standard InChI is InChI=1S/C24H32ClN3O4S/c1-4-16-26-24(30)18(3)28(17-20-6-11-21(25)12-7-20)23(29)15-10-19-8-13-22(14-9-19)33(31,32)27-5-2/h6-9,11-14,18,27H,4-5,10,15-17H2,1-3H3,(H,26,30)/t18-/m1/s1. The number of rotatable bonds is 12. The third-order valence-corrected chi connectivity index (χ3v) is 6.99. The summed E-state index contributed by atoms with van der Waals surface area (Å²) in [6.45, 7) is 6.56. The van der Waals surface area contributed by atoms with E-state index in [-0.39, 0.29) is 29.7 Å². The Kier molecular flexibility index (Phi) is 10.3. The summed E-state index contributed by atoms with van der Waals surface area (Å²) >= 11 is 5.97. The SMILES string of the molecule is CCCNC(=O)[C@@H](C)N(Cc1ccc(Cl)cc1)C(=O)CCc1ccc(S(=O)(=O)NCC)cc1. The van der Waals surface area contributed by atoms with E-state index in [1.807, 2.05) is 19.1 Å². The molecule has 180 valence electrons. The quantitative estimate of drug-likeness (QED) is 0.473. The number of benzene rings is 2. The lowest BCUT2D eigenvalue weighted by Crippen LogP contribution is -2.47. The van der Waals surface area contributed by atoms with E-state index in [1.54, 1.807) is 43.0 Å². The maximum Gasteiger partial charge on any atom is 0.242 e. The van der Waals surface area contributed by atoms with E-state index in [4.69, 9.17) is 11.6 Å². The zero-order valence-corrected chi connectivity index (χ0v) is 20.9. The van der Waals surface area contributed by atoms with Crippen LogP contribution >= 0.6 is 11.6 Å². The van der Waals surface area contributed by atoms with Crippen molar-refractivity contribution in [1.29, 1.82) is 0 Å². The van der Waals surface area contributed by atoms with Gasteiger partial charge in [0.1, 0.15) is 6.04 Å². The van der Waals surface area contributed by atoms with Crippen LogP contribution in [0, 0.1) is 0 Å². The predicted octanol–water partition coefficient (Wildman–Crippen LogP) is 3.51. The maximum atomic E-state index is 13.1. The van der Waals surface area contributed by atoms with Gasteiger partial charge in [0.2, 0.25) is 21.8 Å². The highest BCUT2D eigenvalue weighted by molar-refractivity contribution is 7.89. The molecule has 0 saturated heterocycles. The van der Waals surface area contributed by atoms with Crippen LogP contribution in [0.5, 0.6) is 0 Å². The summed E-state index contributed by atoms with van der Waals surface area (Å²) in [5, 5.41) is 3.45. The van der Waals surface area contributed by atoms with Gasteiger partial charge in [0.25, 0.3) is 0 Å². The van der Waals surface area contributed by atoms with Crippen LogP contribution in [-0.2, 0) is 32.6 Å². The number of sulfonamides is 1. The second-order valence-electron chi connectivity index (χ2n) is 7.76. The summed E-state index contributed by atoms with van der Waals surface area (Å²) in [6.07, 6.45) is 1.43. The van der Waals surface area contributed by atoms with Crippen molar-refractivity contribution in [3.05, 3.63) is 64.7 Å². The second-order valence-corrected chi connectivity index (χ2v) is 9.96. The topological polar surface area (TPSA) is 95.6 Å². The minimum atomic E-state index is -3.52. The van der Waals surface area contributed by atoms with Crippen LogP contribution in [0.4, 0.5) is 0 Å². The second kappa shape index (κ2) is 12.7.